The summed E-state index contributed by atoms with van der Waals surface area (Å²) in [7, 11) is 0. The van der Waals surface area contributed by atoms with Crippen molar-refractivity contribution in [3.63, 3.8) is 0 Å². The summed E-state index contributed by atoms with van der Waals surface area (Å²) < 4.78 is 2.59. The van der Waals surface area contributed by atoms with Crippen molar-refractivity contribution >= 4 is 10.9 Å². The van der Waals surface area contributed by atoms with Crippen molar-refractivity contribution in [2.24, 2.45) is 5.73 Å². The summed E-state index contributed by atoms with van der Waals surface area (Å²) in [6.45, 7) is 0.603. The topological polar surface area (TPSA) is 30.9 Å². The Hall–Kier alpha value is -2.06. The number of hydrogen-bond donors (Lipinski definition) is 1. The van der Waals surface area contributed by atoms with Crippen molar-refractivity contribution in [3.05, 3.63) is 60.2 Å². The van der Waals surface area contributed by atoms with E-state index in [-0.39, 0.29) is 0 Å². The SMILES string of the molecule is NCc1ccc(-c2cc3ccccc3n2C2CCCCC2)cc1. The molecule has 0 atom stereocenters. The van der Waals surface area contributed by atoms with Gasteiger partial charge in [0.1, 0.15) is 0 Å². The normalized spacial score (nSPS) is 16.0. The van der Waals surface area contributed by atoms with Gasteiger partial charge in [0, 0.05) is 29.2 Å². The number of fused-ring (bicyclic) bond motifs is 1. The van der Waals surface area contributed by atoms with Crippen LogP contribution in [0.15, 0.2) is 54.6 Å². The fraction of sp³-hybridized carbons (Fsp3) is 0.333. The van der Waals surface area contributed by atoms with E-state index in [1.54, 1.807) is 0 Å². The maximum Gasteiger partial charge on any atom is 0.0493 e. The van der Waals surface area contributed by atoms with E-state index in [9.17, 15) is 0 Å². The van der Waals surface area contributed by atoms with Crippen molar-refractivity contribution in [1.29, 1.82) is 0 Å². The Morgan fingerprint density at radius 3 is 2.39 bits per heavy atom. The molecular formula is C21H24N2. The van der Waals surface area contributed by atoms with Crippen LogP contribution in [0.3, 0.4) is 0 Å². The zero-order valence-electron chi connectivity index (χ0n) is 13.5. The Morgan fingerprint density at radius 1 is 0.913 bits per heavy atom. The molecule has 1 heterocycles. The minimum atomic E-state index is 0.603. The lowest BCUT2D eigenvalue weighted by atomic mass is 9.94. The number of nitrogens with zero attached hydrogens (tertiary/aromatic N) is 1. The molecule has 118 valence electrons. The highest BCUT2D eigenvalue weighted by Gasteiger charge is 2.20. The minimum absolute atomic E-state index is 0.603. The van der Waals surface area contributed by atoms with Crippen LogP contribution in [-0.4, -0.2) is 4.57 Å². The van der Waals surface area contributed by atoms with Gasteiger partial charge in [-0.15, -0.1) is 0 Å². The van der Waals surface area contributed by atoms with E-state index in [1.165, 1.54) is 59.8 Å². The molecule has 4 rings (SSSR count). The van der Waals surface area contributed by atoms with Crippen LogP contribution in [0.2, 0.25) is 0 Å². The van der Waals surface area contributed by atoms with Crippen molar-refractivity contribution in [3.8, 4) is 11.3 Å². The van der Waals surface area contributed by atoms with Crippen LogP contribution < -0.4 is 5.73 Å². The van der Waals surface area contributed by atoms with Crippen LogP contribution >= 0.6 is 0 Å². The van der Waals surface area contributed by atoms with Crippen LogP contribution in [0.1, 0.15) is 43.7 Å². The van der Waals surface area contributed by atoms with Crippen LogP contribution in [0.4, 0.5) is 0 Å². The van der Waals surface area contributed by atoms with Crippen LogP contribution in [-0.2, 0) is 6.54 Å². The maximum absolute atomic E-state index is 5.74. The van der Waals surface area contributed by atoms with Gasteiger partial charge in [0.2, 0.25) is 0 Å². The molecule has 1 fully saturated rings. The first-order valence-electron chi connectivity index (χ1n) is 8.76. The predicted octanol–water partition coefficient (Wildman–Crippen LogP) is 5.27. The van der Waals surface area contributed by atoms with E-state index >= 15 is 0 Å². The Kier molecular flexibility index (Phi) is 3.92. The lowest BCUT2D eigenvalue weighted by molar-refractivity contribution is 0.363. The first-order valence-corrected chi connectivity index (χ1v) is 8.76. The second-order valence-electron chi connectivity index (χ2n) is 6.65. The molecule has 23 heavy (non-hydrogen) atoms. The fourth-order valence-electron chi connectivity index (χ4n) is 3.94. The van der Waals surface area contributed by atoms with Gasteiger partial charge in [-0.3, -0.25) is 0 Å². The lowest BCUT2D eigenvalue weighted by Gasteiger charge is -2.26. The third kappa shape index (κ3) is 2.68. The van der Waals surface area contributed by atoms with Gasteiger partial charge in [-0.1, -0.05) is 61.7 Å². The molecule has 0 saturated heterocycles. The summed E-state index contributed by atoms with van der Waals surface area (Å²) in [5, 5.41) is 1.34. The first kappa shape index (κ1) is 14.5. The molecule has 2 nitrogen and oxygen atoms in total. The number of rotatable bonds is 3. The molecule has 3 aromatic rings. The lowest BCUT2D eigenvalue weighted by Crippen LogP contribution is -2.13. The molecule has 0 bridgehead atoms. The Bertz CT molecular complexity index is 792. The predicted molar refractivity (Wildman–Crippen MR) is 97.4 cm³/mol. The van der Waals surface area contributed by atoms with Crippen molar-refractivity contribution < 1.29 is 0 Å². The highest BCUT2D eigenvalue weighted by Crippen LogP contribution is 2.37. The van der Waals surface area contributed by atoms with E-state index in [1.807, 2.05) is 0 Å². The summed E-state index contributed by atoms with van der Waals surface area (Å²) in [5.74, 6) is 0. The fourth-order valence-corrected chi connectivity index (χ4v) is 3.94. The van der Waals surface area contributed by atoms with Gasteiger partial charge in [-0.05, 0) is 36.1 Å². The van der Waals surface area contributed by atoms with Gasteiger partial charge in [-0.2, -0.15) is 0 Å². The molecule has 0 amide bonds. The highest BCUT2D eigenvalue weighted by molar-refractivity contribution is 5.87. The van der Waals surface area contributed by atoms with Gasteiger partial charge >= 0.3 is 0 Å². The number of para-hydroxylation sites is 1. The highest BCUT2D eigenvalue weighted by atomic mass is 15.0. The largest absolute Gasteiger partial charge is 0.337 e. The van der Waals surface area contributed by atoms with Crippen LogP contribution in [0, 0.1) is 0 Å². The molecule has 0 radical (unpaired) electrons. The number of benzene rings is 2. The smallest absolute Gasteiger partial charge is 0.0493 e. The van der Waals surface area contributed by atoms with Gasteiger partial charge in [0.25, 0.3) is 0 Å². The summed E-state index contributed by atoms with van der Waals surface area (Å²) >= 11 is 0. The van der Waals surface area contributed by atoms with E-state index in [0.717, 1.165) is 0 Å². The second-order valence-corrected chi connectivity index (χ2v) is 6.65. The number of nitrogens with two attached hydrogens (primary N) is 1. The van der Waals surface area contributed by atoms with E-state index < -0.39 is 0 Å². The number of aromatic nitrogens is 1. The van der Waals surface area contributed by atoms with Gasteiger partial charge in [0.05, 0.1) is 0 Å². The summed E-state index contributed by atoms with van der Waals surface area (Å²) in [5.41, 5.74) is 10.9. The molecule has 2 N–H and O–H groups in total. The molecule has 2 aromatic carbocycles. The average Bonchev–Trinajstić information content (AvgIpc) is 3.02. The van der Waals surface area contributed by atoms with Crippen LogP contribution in [0.25, 0.3) is 22.2 Å². The number of hydrogen-bond acceptors (Lipinski definition) is 1. The zero-order chi connectivity index (χ0) is 15.6. The van der Waals surface area contributed by atoms with Gasteiger partial charge in [-0.25, -0.2) is 0 Å². The van der Waals surface area contributed by atoms with Gasteiger partial charge < -0.3 is 10.3 Å². The standard InChI is InChI=1S/C21H24N2/c22-15-16-10-12-17(13-11-16)21-14-18-6-4-5-9-20(18)23(21)19-7-2-1-3-8-19/h4-6,9-14,19H,1-3,7-8,15,22H2. The maximum atomic E-state index is 5.74. The van der Waals surface area contributed by atoms with Crippen molar-refractivity contribution in [2.75, 3.05) is 0 Å². The zero-order valence-corrected chi connectivity index (χ0v) is 13.5. The monoisotopic (exact) mass is 304 g/mol. The average molecular weight is 304 g/mol. The van der Waals surface area contributed by atoms with E-state index in [0.29, 0.717) is 12.6 Å². The van der Waals surface area contributed by atoms with Crippen molar-refractivity contribution in [1.82, 2.24) is 4.57 Å². The molecule has 0 spiro atoms. The quantitative estimate of drug-likeness (QED) is 0.702. The molecule has 1 saturated carbocycles. The summed E-state index contributed by atoms with van der Waals surface area (Å²) in [4.78, 5) is 0. The Balaban J connectivity index is 1.86. The molecular weight excluding hydrogens is 280 g/mol. The minimum Gasteiger partial charge on any atom is -0.337 e. The Morgan fingerprint density at radius 2 is 1.65 bits per heavy atom. The molecule has 2 heteroatoms. The molecule has 1 aliphatic carbocycles. The first-order chi connectivity index (χ1) is 11.4. The molecule has 0 unspecified atom stereocenters. The molecule has 1 aromatic heterocycles. The van der Waals surface area contributed by atoms with Crippen LogP contribution in [0.5, 0.6) is 0 Å². The second kappa shape index (κ2) is 6.21. The molecule has 0 aliphatic heterocycles. The summed E-state index contributed by atoms with van der Waals surface area (Å²) in [6.07, 6.45) is 6.68. The molecule has 1 aliphatic rings. The van der Waals surface area contributed by atoms with E-state index in [2.05, 4.69) is 59.2 Å². The van der Waals surface area contributed by atoms with Gasteiger partial charge in [0.15, 0.2) is 0 Å². The van der Waals surface area contributed by atoms with E-state index in [4.69, 9.17) is 5.73 Å². The third-order valence-corrected chi connectivity index (χ3v) is 5.17. The Labute approximate surface area is 137 Å². The third-order valence-electron chi connectivity index (χ3n) is 5.17. The van der Waals surface area contributed by atoms with Crippen molar-refractivity contribution in [2.45, 2.75) is 44.7 Å². The summed E-state index contributed by atoms with van der Waals surface area (Å²) in [6, 6.07) is 20.5.